The zero-order valence-electron chi connectivity index (χ0n) is 19.0. The van der Waals surface area contributed by atoms with Crippen LogP contribution in [0.4, 0.5) is 21.5 Å². The first kappa shape index (κ1) is 24.5. The monoisotopic (exact) mass is 430 g/mol. The molecule has 31 heavy (non-hydrogen) atoms. The van der Waals surface area contributed by atoms with Gasteiger partial charge in [0.1, 0.15) is 11.6 Å². The van der Waals surface area contributed by atoms with Crippen molar-refractivity contribution in [3.8, 4) is 5.75 Å². The van der Waals surface area contributed by atoms with Crippen LogP contribution in [0.2, 0.25) is 0 Å². The van der Waals surface area contributed by atoms with Gasteiger partial charge in [0.25, 0.3) is 5.91 Å². The van der Waals surface area contributed by atoms with Crippen LogP contribution >= 0.6 is 0 Å². The number of amides is 1. The maximum Gasteiger partial charge on any atom is 0.257 e. The molecule has 0 aliphatic rings. The second-order valence-electron chi connectivity index (χ2n) is 7.67. The van der Waals surface area contributed by atoms with E-state index in [2.05, 4.69) is 24.5 Å². The maximum absolute atomic E-state index is 14.7. The van der Waals surface area contributed by atoms with Gasteiger partial charge in [-0.15, -0.1) is 0 Å². The Bertz CT molecular complexity index is 855. The van der Waals surface area contributed by atoms with Gasteiger partial charge in [-0.1, -0.05) is 20.3 Å². The molecule has 170 valence electrons. The van der Waals surface area contributed by atoms with E-state index < -0.39 is 11.7 Å². The minimum absolute atomic E-state index is 0.117. The molecule has 0 heterocycles. The van der Waals surface area contributed by atoms with Gasteiger partial charge in [0, 0.05) is 37.1 Å². The summed E-state index contributed by atoms with van der Waals surface area (Å²) in [7, 11) is 3.88. The lowest BCUT2D eigenvalue weighted by Gasteiger charge is -2.23. The van der Waals surface area contributed by atoms with Crippen molar-refractivity contribution in [3.63, 3.8) is 0 Å². The Morgan fingerprint density at radius 1 is 1.23 bits per heavy atom. The van der Waals surface area contributed by atoms with Crippen LogP contribution in [0.25, 0.3) is 0 Å². The summed E-state index contributed by atoms with van der Waals surface area (Å²) in [4.78, 5) is 14.6. The van der Waals surface area contributed by atoms with Crippen molar-refractivity contribution in [2.75, 3.05) is 43.2 Å². The second kappa shape index (κ2) is 12.2. The lowest BCUT2D eigenvalue weighted by atomic mass is 10.1. The molecule has 0 bridgehead atoms. The Morgan fingerprint density at radius 2 is 2.00 bits per heavy atom. The summed E-state index contributed by atoms with van der Waals surface area (Å²) in [5.74, 6) is -0.335. The smallest absolute Gasteiger partial charge is 0.257 e. The third-order valence-corrected chi connectivity index (χ3v) is 5.39. The molecule has 0 radical (unpaired) electrons. The Labute approximate surface area is 185 Å². The molecule has 0 aliphatic carbocycles. The van der Waals surface area contributed by atoms with Crippen LogP contribution in [0.1, 0.15) is 49.9 Å². The highest BCUT2D eigenvalue weighted by Gasteiger charge is 2.15. The molecule has 2 rings (SSSR count). The number of hydrogen-bond acceptors (Lipinski definition) is 5. The van der Waals surface area contributed by atoms with E-state index in [4.69, 9.17) is 10.5 Å². The quantitative estimate of drug-likeness (QED) is 0.337. The lowest BCUT2D eigenvalue weighted by Crippen LogP contribution is -2.30. The number of unbranched alkanes of at least 4 members (excludes halogenated alkanes) is 1. The van der Waals surface area contributed by atoms with E-state index in [0.717, 1.165) is 37.9 Å². The number of nitrogens with two attached hydrogens (primary N) is 1. The molecule has 0 saturated heterocycles. The first-order valence-corrected chi connectivity index (χ1v) is 10.9. The van der Waals surface area contributed by atoms with Crippen molar-refractivity contribution in [3.05, 3.63) is 47.8 Å². The molecule has 0 aromatic heterocycles. The molecule has 2 aromatic carbocycles. The highest BCUT2D eigenvalue weighted by atomic mass is 19.1. The van der Waals surface area contributed by atoms with E-state index in [1.165, 1.54) is 6.07 Å². The average molecular weight is 431 g/mol. The fourth-order valence-electron chi connectivity index (χ4n) is 3.24. The molecule has 0 spiro atoms. The normalized spacial score (nSPS) is 11.8. The summed E-state index contributed by atoms with van der Waals surface area (Å²) < 4.78 is 20.3. The summed E-state index contributed by atoms with van der Waals surface area (Å²) in [6, 6.07) is 10.2. The number of carbonyl (C=O) groups is 1. The minimum Gasteiger partial charge on any atom is -0.494 e. The number of ether oxygens (including phenoxy) is 1. The minimum atomic E-state index is -0.489. The Balaban J connectivity index is 2.02. The van der Waals surface area contributed by atoms with Crippen molar-refractivity contribution in [2.24, 2.45) is 0 Å². The van der Waals surface area contributed by atoms with Gasteiger partial charge in [-0.05, 0) is 56.6 Å². The van der Waals surface area contributed by atoms with Crippen molar-refractivity contribution in [1.29, 1.82) is 0 Å². The van der Waals surface area contributed by atoms with Gasteiger partial charge in [-0.2, -0.15) is 0 Å². The molecule has 1 unspecified atom stereocenters. The number of nitrogen functional groups attached to an aromatic ring is 1. The zero-order chi connectivity index (χ0) is 22.8. The fraction of sp³-hybridized carbons (Fsp3) is 0.458. The van der Waals surface area contributed by atoms with Crippen LogP contribution in [-0.2, 0) is 0 Å². The first-order chi connectivity index (χ1) is 14.9. The molecule has 0 fully saturated rings. The van der Waals surface area contributed by atoms with Crippen LogP contribution in [0, 0.1) is 5.82 Å². The standard InChI is InChI=1S/C24H35FN4O2/c1-5-7-14-31-19-9-10-20(22(26)16-19)24(30)28-23-11-8-18(15-21(23)25)29(4)13-12-17(6-2)27-3/h8-11,15-17,27H,5-7,12-14,26H2,1-4H3,(H,28,30). The molecule has 0 saturated carbocycles. The first-order valence-electron chi connectivity index (χ1n) is 10.9. The van der Waals surface area contributed by atoms with Gasteiger partial charge in [0.05, 0.1) is 17.9 Å². The summed E-state index contributed by atoms with van der Waals surface area (Å²) >= 11 is 0. The molecule has 1 atom stereocenters. The third-order valence-electron chi connectivity index (χ3n) is 5.39. The van der Waals surface area contributed by atoms with Crippen LogP contribution in [0.5, 0.6) is 5.75 Å². The van der Waals surface area contributed by atoms with Crippen molar-refractivity contribution in [1.82, 2.24) is 5.32 Å². The van der Waals surface area contributed by atoms with Crippen molar-refractivity contribution in [2.45, 2.75) is 45.6 Å². The average Bonchev–Trinajstić information content (AvgIpc) is 2.75. The summed E-state index contributed by atoms with van der Waals surface area (Å²) in [5, 5.41) is 5.88. The highest BCUT2D eigenvalue weighted by molar-refractivity contribution is 6.08. The number of benzene rings is 2. The molecular weight excluding hydrogens is 395 g/mol. The van der Waals surface area contributed by atoms with E-state index in [9.17, 15) is 9.18 Å². The number of nitrogens with one attached hydrogen (secondary N) is 2. The topological polar surface area (TPSA) is 79.6 Å². The van der Waals surface area contributed by atoms with E-state index >= 15 is 0 Å². The Morgan fingerprint density at radius 3 is 2.61 bits per heavy atom. The van der Waals surface area contributed by atoms with Crippen LogP contribution < -0.4 is 26.0 Å². The van der Waals surface area contributed by atoms with E-state index in [-0.39, 0.29) is 11.3 Å². The van der Waals surface area contributed by atoms with Crippen molar-refractivity contribution >= 4 is 23.0 Å². The van der Waals surface area contributed by atoms with Gasteiger partial charge in [0.2, 0.25) is 0 Å². The Kier molecular flexibility index (Phi) is 9.59. The van der Waals surface area contributed by atoms with Crippen LogP contribution in [0.15, 0.2) is 36.4 Å². The van der Waals surface area contributed by atoms with Gasteiger partial charge in [0.15, 0.2) is 0 Å². The van der Waals surface area contributed by atoms with Gasteiger partial charge >= 0.3 is 0 Å². The third kappa shape index (κ3) is 7.14. The number of hydrogen-bond donors (Lipinski definition) is 3. The number of carbonyl (C=O) groups excluding carboxylic acids is 1. The molecule has 2 aromatic rings. The number of anilines is 3. The van der Waals surface area contributed by atoms with Crippen molar-refractivity contribution < 1.29 is 13.9 Å². The molecule has 6 nitrogen and oxygen atoms in total. The van der Waals surface area contributed by atoms with Gasteiger partial charge in [-0.25, -0.2) is 4.39 Å². The lowest BCUT2D eigenvalue weighted by molar-refractivity contribution is 0.102. The van der Waals surface area contributed by atoms with E-state index in [0.29, 0.717) is 24.1 Å². The molecule has 4 N–H and O–H groups in total. The van der Waals surface area contributed by atoms with Crippen LogP contribution in [-0.4, -0.2) is 39.2 Å². The van der Waals surface area contributed by atoms with Gasteiger partial charge < -0.3 is 26.0 Å². The van der Waals surface area contributed by atoms with E-state index in [1.54, 1.807) is 30.3 Å². The SMILES string of the molecule is CCCCOc1ccc(C(=O)Nc2ccc(N(C)CCC(CC)NC)cc2F)c(N)c1. The van der Waals surface area contributed by atoms with Gasteiger partial charge in [-0.3, -0.25) is 4.79 Å². The fourth-order valence-corrected chi connectivity index (χ4v) is 3.24. The second-order valence-corrected chi connectivity index (χ2v) is 7.67. The largest absolute Gasteiger partial charge is 0.494 e. The summed E-state index contributed by atoms with van der Waals surface area (Å²) in [6.45, 7) is 5.62. The van der Waals surface area contributed by atoms with E-state index in [1.807, 2.05) is 19.0 Å². The summed E-state index contributed by atoms with van der Waals surface area (Å²) in [5.41, 5.74) is 7.46. The summed E-state index contributed by atoms with van der Waals surface area (Å²) in [6.07, 6.45) is 3.98. The number of rotatable bonds is 12. The number of halogens is 1. The molecule has 1 amide bonds. The highest BCUT2D eigenvalue weighted by Crippen LogP contribution is 2.25. The Hall–Kier alpha value is -2.80. The molecule has 7 heteroatoms. The number of nitrogens with zero attached hydrogens (tertiary/aromatic N) is 1. The van der Waals surface area contributed by atoms with Crippen LogP contribution in [0.3, 0.4) is 0 Å². The predicted molar refractivity (Wildman–Crippen MR) is 127 cm³/mol. The maximum atomic E-state index is 14.7. The molecule has 0 aliphatic heterocycles. The zero-order valence-corrected chi connectivity index (χ0v) is 19.0. The predicted octanol–water partition coefficient (Wildman–Crippen LogP) is 4.66. The molecular formula is C24H35FN4O2.